The molecule has 1 aliphatic heterocycles. The number of pyridine rings is 1. The largest absolute Gasteiger partial charge is 0.465 e. The van der Waals surface area contributed by atoms with Crippen molar-refractivity contribution in [1.82, 2.24) is 9.88 Å². The number of aromatic nitrogens is 1. The maximum atomic E-state index is 13.0. The number of carbonyl (C=O) groups is 3. The SMILES string of the molecule is CC(C)(C(=O)Nc1ccc2c(n1)CCN(C(=O)O)CC2)N(C(N)=O)c1ccc(Cl)s1. The van der Waals surface area contributed by atoms with Gasteiger partial charge in [-0.1, -0.05) is 17.7 Å². The van der Waals surface area contributed by atoms with Gasteiger partial charge in [0.15, 0.2) is 0 Å². The van der Waals surface area contributed by atoms with Crippen molar-refractivity contribution in [3.63, 3.8) is 0 Å². The minimum absolute atomic E-state index is 0.323. The second kappa shape index (κ2) is 8.49. The summed E-state index contributed by atoms with van der Waals surface area (Å²) in [6.07, 6.45) is 0.0528. The standard InChI is InChI=1S/C19H22ClN5O4S/c1-19(2,25(17(21)27)15-6-4-13(20)30-15)16(26)23-14-5-3-11-7-9-24(18(28)29)10-8-12(11)22-14/h3-6H,7-10H2,1-2H3,(H2,21,27)(H,28,29)(H,22,23,26). The number of thiophene rings is 1. The minimum atomic E-state index is -1.31. The Kier molecular flexibility index (Phi) is 6.18. The van der Waals surface area contributed by atoms with Gasteiger partial charge in [0.2, 0.25) is 0 Å². The average Bonchev–Trinajstić information content (AvgIpc) is 2.95. The van der Waals surface area contributed by atoms with Gasteiger partial charge in [0, 0.05) is 25.2 Å². The highest BCUT2D eigenvalue weighted by Gasteiger charge is 2.39. The Balaban J connectivity index is 1.80. The summed E-state index contributed by atoms with van der Waals surface area (Å²) >= 11 is 7.11. The molecule has 0 saturated heterocycles. The van der Waals surface area contributed by atoms with Crippen LogP contribution in [0.2, 0.25) is 4.34 Å². The van der Waals surface area contributed by atoms with Crippen LogP contribution < -0.4 is 16.0 Å². The molecule has 160 valence electrons. The molecule has 30 heavy (non-hydrogen) atoms. The molecule has 2 aromatic rings. The molecule has 0 bridgehead atoms. The van der Waals surface area contributed by atoms with E-state index >= 15 is 0 Å². The molecule has 3 rings (SSSR count). The number of nitrogens with one attached hydrogen (secondary N) is 1. The van der Waals surface area contributed by atoms with E-state index in [9.17, 15) is 19.5 Å². The Morgan fingerprint density at radius 2 is 1.93 bits per heavy atom. The Bertz CT molecular complexity index is 993. The summed E-state index contributed by atoms with van der Waals surface area (Å²) in [5.41, 5.74) is 5.92. The van der Waals surface area contributed by atoms with Crippen LogP contribution in [-0.4, -0.2) is 51.7 Å². The molecule has 0 atom stereocenters. The number of hydrogen-bond acceptors (Lipinski definition) is 5. The Labute approximate surface area is 182 Å². The molecule has 1 aliphatic rings. The number of urea groups is 1. The quantitative estimate of drug-likeness (QED) is 0.657. The molecule has 9 nitrogen and oxygen atoms in total. The molecule has 11 heteroatoms. The number of carboxylic acid groups (broad SMARTS) is 1. The predicted octanol–water partition coefficient (Wildman–Crippen LogP) is 3.18. The van der Waals surface area contributed by atoms with E-state index in [0.29, 0.717) is 41.1 Å². The Morgan fingerprint density at radius 1 is 1.23 bits per heavy atom. The molecule has 0 aromatic carbocycles. The van der Waals surface area contributed by atoms with Crippen LogP contribution >= 0.6 is 22.9 Å². The highest BCUT2D eigenvalue weighted by Crippen LogP contribution is 2.34. The zero-order valence-corrected chi connectivity index (χ0v) is 18.1. The first kappa shape index (κ1) is 21.8. The number of fused-ring (bicyclic) bond motifs is 1. The summed E-state index contributed by atoms with van der Waals surface area (Å²) in [6.45, 7) is 3.90. The normalized spacial score (nSPS) is 13.9. The van der Waals surface area contributed by atoms with Crippen LogP contribution in [0.1, 0.15) is 25.1 Å². The van der Waals surface area contributed by atoms with Gasteiger partial charge in [0.05, 0.1) is 4.34 Å². The van der Waals surface area contributed by atoms with Crippen molar-refractivity contribution in [2.24, 2.45) is 5.73 Å². The lowest BCUT2D eigenvalue weighted by molar-refractivity contribution is -0.120. The molecule has 3 heterocycles. The Morgan fingerprint density at radius 3 is 2.53 bits per heavy atom. The van der Waals surface area contributed by atoms with E-state index in [1.54, 1.807) is 32.0 Å². The smallest absolute Gasteiger partial charge is 0.407 e. The van der Waals surface area contributed by atoms with Crippen molar-refractivity contribution >= 4 is 51.8 Å². The molecule has 0 spiro atoms. The second-order valence-electron chi connectivity index (χ2n) is 7.34. The molecule has 0 fully saturated rings. The fraction of sp³-hybridized carbons (Fsp3) is 0.368. The van der Waals surface area contributed by atoms with Gasteiger partial charge in [0.1, 0.15) is 16.4 Å². The summed E-state index contributed by atoms with van der Waals surface area (Å²) in [4.78, 5) is 43.4. The number of hydrogen-bond donors (Lipinski definition) is 3. The number of halogens is 1. The third-order valence-electron chi connectivity index (χ3n) is 4.96. The fourth-order valence-electron chi connectivity index (χ4n) is 3.30. The van der Waals surface area contributed by atoms with Crippen LogP contribution in [0.15, 0.2) is 24.3 Å². The number of rotatable bonds is 4. The third kappa shape index (κ3) is 4.49. The van der Waals surface area contributed by atoms with E-state index in [1.807, 2.05) is 6.07 Å². The lowest BCUT2D eigenvalue weighted by Gasteiger charge is -2.34. The third-order valence-corrected chi connectivity index (χ3v) is 6.18. The summed E-state index contributed by atoms with van der Waals surface area (Å²) in [7, 11) is 0. The molecular formula is C19H22ClN5O4S. The van der Waals surface area contributed by atoms with Gasteiger partial charge in [-0.2, -0.15) is 0 Å². The van der Waals surface area contributed by atoms with Crippen LogP contribution in [0, 0.1) is 0 Å². The fourth-order valence-corrected chi connectivity index (χ4v) is 4.48. The van der Waals surface area contributed by atoms with Crippen LogP contribution in [0.3, 0.4) is 0 Å². The molecule has 0 aliphatic carbocycles. The van der Waals surface area contributed by atoms with E-state index in [1.165, 1.54) is 9.80 Å². The van der Waals surface area contributed by atoms with Gasteiger partial charge in [-0.25, -0.2) is 14.6 Å². The molecular weight excluding hydrogens is 430 g/mol. The topological polar surface area (TPSA) is 129 Å². The lowest BCUT2D eigenvalue weighted by atomic mass is 10.0. The first-order valence-electron chi connectivity index (χ1n) is 9.22. The minimum Gasteiger partial charge on any atom is -0.465 e. The van der Waals surface area contributed by atoms with Crippen LogP contribution in [0.25, 0.3) is 0 Å². The maximum Gasteiger partial charge on any atom is 0.407 e. The van der Waals surface area contributed by atoms with Crippen molar-refractivity contribution in [3.05, 3.63) is 39.9 Å². The van der Waals surface area contributed by atoms with Crippen LogP contribution in [0.4, 0.5) is 20.4 Å². The number of amides is 4. The first-order chi connectivity index (χ1) is 14.1. The summed E-state index contributed by atoms with van der Waals surface area (Å²) in [5, 5.41) is 12.4. The van der Waals surface area contributed by atoms with E-state index in [4.69, 9.17) is 17.3 Å². The lowest BCUT2D eigenvalue weighted by Crippen LogP contribution is -2.57. The van der Waals surface area contributed by atoms with E-state index in [2.05, 4.69) is 10.3 Å². The van der Waals surface area contributed by atoms with Gasteiger partial charge in [0.25, 0.3) is 5.91 Å². The maximum absolute atomic E-state index is 13.0. The summed E-state index contributed by atoms with van der Waals surface area (Å²) in [6, 6.07) is 5.97. The van der Waals surface area contributed by atoms with Crippen molar-refractivity contribution in [1.29, 1.82) is 0 Å². The molecule has 4 amide bonds. The van der Waals surface area contributed by atoms with Crippen molar-refractivity contribution in [2.75, 3.05) is 23.3 Å². The average molecular weight is 452 g/mol. The van der Waals surface area contributed by atoms with E-state index in [0.717, 1.165) is 22.6 Å². The highest BCUT2D eigenvalue weighted by atomic mass is 35.5. The number of primary amides is 1. The number of nitrogens with zero attached hydrogens (tertiary/aromatic N) is 3. The predicted molar refractivity (Wildman–Crippen MR) is 115 cm³/mol. The molecule has 0 saturated carbocycles. The molecule has 0 radical (unpaired) electrons. The van der Waals surface area contributed by atoms with Crippen molar-refractivity contribution < 1.29 is 19.5 Å². The van der Waals surface area contributed by atoms with Gasteiger partial charge < -0.3 is 21.1 Å². The van der Waals surface area contributed by atoms with Gasteiger partial charge in [-0.05, 0) is 44.0 Å². The van der Waals surface area contributed by atoms with Gasteiger partial charge in [-0.15, -0.1) is 11.3 Å². The molecule has 4 N–H and O–H groups in total. The highest BCUT2D eigenvalue weighted by molar-refractivity contribution is 7.20. The zero-order valence-electron chi connectivity index (χ0n) is 16.5. The van der Waals surface area contributed by atoms with Crippen molar-refractivity contribution in [2.45, 2.75) is 32.2 Å². The summed E-state index contributed by atoms with van der Waals surface area (Å²) < 4.78 is 0.468. The molecule has 2 aromatic heterocycles. The monoisotopic (exact) mass is 451 g/mol. The van der Waals surface area contributed by atoms with Crippen LogP contribution in [0.5, 0.6) is 0 Å². The van der Waals surface area contributed by atoms with Gasteiger partial charge in [-0.3, -0.25) is 9.69 Å². The first-order valence-corrected chi connectivity index (χ1v) is 10.4. The number of anilines is 2. The summed E-state index contributed by atoms with van der Waals surface area (Å²) in [5.74, 6) is -0.150. The zero-order chi connectivity index (χ0) is 22.1. The van der Waals surface area contributed by atoms with Crippen molar-refractivity contribution in [3.8, 4) is 0 Å². The number of nitrogens with two attached hydrogens (primary N) is 1. The number of carbonyl (C=O) groups excluding carboxylic acids is 2. The van der Waals surface area contributed by atoms with E-state index < -0.39 is 23.6 Å². The second-order valence-corrected chi connectivity index (χ2v) is 9.03. The molecule has 0 unspecified atom stereocenters. The van der Waals surface area contributed by atoms with Gasteiger partial charge >= 0.3 is 12.1 Å². The Hall–Kier alpha value is -2.85. The van der Waals surface area contributed by atoms with Crippen LogP contribution in [-0.2, 0) is 17.6 Å². The van der Waals surface area contributed by atoms with E-state index in [-0.39, 0.29) is 0 Å².